The van der Waals surface area contributed by atoms with E-state index in [0.717, 1.165) is 10.9 Å². The number of fused-ring (bicyclic) bond motifs is 1. The minimum atomic E-state index is -3.79. The van der Waals surface area contributed by atoms with Crippen LogP contribution in [-0.2, 0) is 10.0 Å². The SMILES string of the molecule is Nc1ccnc(N(c2ccc(S(N)(=O)=O)cc2)c2cnc3ccccc3c2)n1. The van der Waals surface area contributed by atoms with E-state index < -0.39 is 10.0 Å². The molecule has 4 aromatic rings. The Kier molecular flexibility index (Phi) is 4.38. The van der Waals surface area contributed by atoms with Crippen molar-refractivity contribution < 1.29 is 8.42 Å². The molecule has 0 fully saturated rings. The molecule has 4 N–H and O–H groups in total. The second-order valence-corrected chi connectivity index (χ2v) is 7.60. The van der Waals surface area contributed by atoms with Gasteiger partial charge in [0.2, 0.25) is 16.0 Å². The molecular weight excluding hydrogens is 376 g/mol. The first-order valence-corrected chi connectivity index (χ1v) is 9.83. The van der Waals surface area contributed by atoms with Crippen LogP contribution in [0.2, 0.25) is 0 Å². The van der Waals surface area contributed by atoms with E-state index >= 15 is 0 Å². The van der Waals surface area contributed by atoms with Crippen molar-refractivity contribution in [1.29, 1.82) is 0 Å². The van der Waals surface area contributed by atoms with Crippen LogP contribution in [0.4, 0.5) is 23.1 Å². The summed E-state index contributed by atoms with van der Waals surface area (Å²) in [5.41, 5.74) is 8.02. The van der Waals surface area contributed by atoms with Crippen molar-refractivity contribution in [3.8, 4) is 0 Å². The molecule has 2 heterocycles. The number of nitrogen functional groups attached to an aromatic ring is 1. The highest BCUT2D eigenvalue weighted by atomic mass is 32.2. The zero-order valence-corrected chi connectivity index (χ0v) is 15.4. The predicted molar refractivity (Wildman–Crippen MR) is 108 cm³/mol. The Hall–Kier alpha value is -3.56. The van der Waals surface area contributed by atoms with Crippen LogP contribution in [0.3, 0.4) is 0 Å². The third-order valence-electron chi connectivity index (χ3n) is 4.12. The average Bonchev–Trinajstić information content (AvgIpc) is 2.68. The molecule has 0 bridgehead atoms. The molecule has 8 nitrogen and oxygen atoms in total. The van der Waals surface area contributed by atoms with Gasteiger partial charge in [0.1, 0.15) is 5.82 Å². The Morgan fingerprint density at radius 1 is 0.893 bits per heavy atom. The number of hydrogen-bond donors (Lipinski definition) is 2. The molecular formula is C19H16N6O2S. The van der Waals surface area contributed by atoms with Crippen LogP contribution in [0.5, 0.6) is 0 Å². The van der Waals surface area contributed by atoms with Gasteiger partial charge in [0.25, 0.3) is 0 Å². The van der Waals surface area contributed by atoms with Crippen molar-refractivity contribution in [1.82, 2.24) is 15.0 Å². The quantitative estimate of drug-likeness (QED) is 0.546. The second kappa shape index (κ2) is 6.87. The van der Waals surface area contributed by atoms with Gasteiger partial charge in [-0.3, -0.25) is 9.88 Å². The van der Waals surface area contributed by atoms with Gasteiger partial charge in [-0.1, -0.05) is 18.2 Å². The summed E-state index contributed by atoms with van der Waals surface area (Å²) in [4.78, 5) is 14.8. The van der Waals surface area contributed by atoms with E-state index in [1.54, 1.807) is 35.5 Å². The summed E-state index contributed by atoms with van der Waals surface area (Å²) in [7, 11) is -3.79. The number of sulfonamides is 1. The molecule has 140 valence electrons. The molecule has 0 saturated carbocycles. The number of para-hydroxylation sites is 1. The highest BCUT2D eigenvalue weighted by molar-refractivity contribution is 7.89. The zero-order chi connectivity index (χ0) is 19.7. The molecule has 0 spiro atoms. The highest BCUT2D eigenvalue weighted by Gasteiger charge is 2.17. The lowest BCUT2D eigenvalue weighted by atomic mass is 10.2. The number of primary sulfonamides is 1. The average molecular weight is 392 g/mol. The van der Waals surface area contributed by atoms with Crippen molar-refractivity contribution in [3.05, 3.63) is 73.1 Å². The first-order valence-electron chi connectivity index (χ1n) is 8.28. The first-order chi connectivity index (χ1) is 13.4. The van der Waals surface area contributed by atoms with Gasteiger partial charge in [0.15, 0.2) is 0 Å². The van der Waals surface area contributed by atoms with Gasteiger partial charge in [-0.25, -0.2) is 18.5 Å². The molecule has 0 aliphatic heterocycles. The number of hydrogen-bond acceptors (Lipinski definition) is 7. The van der Waals surface area contributed by atoms with E-state index in [2.05, 4.69) is 15.0 Å². The normalized spacial score (nSPS) is 11.5. The zero-order valence-electron chi connectivity index (χ0n) is 14.6. The lowest BCUT2D eigenvalue weighted by Crippen LogP contribution is -2.15. The van der Waals surface area contributed by atoms with Crippen LogP contribution < -0.4 is 15.8 Å². The van der Waals surface area contributed by atoms with E-state index in [-0.39, 0.29) is 4.90 Å². The van der Waals surface area contributed by atoms with Crippen LogP contribution in [0, 0.1) is 0 Å². The van der Waals surface area contributed by atoms with Gasteiger partial charge < -0.3 is 5.73 Å². The summed E-state index contributed by atoms with van der Waals surface area (Å²) in [6.45, 7) is 0. The molecule has 0 saturated heterocycles. The number of rotatable bonds is 4. The maximum Gasteiger partial charge on any atom is 0.238 e. The molecule has 0 aliphatic rings. The van der Waals surface area contributed by atoms with E-state index in [4.69, 9.17) is 10.9 Å². The Morgan fingerprint density at radius 2 is 1.64 bits per heavy atom. The summed E-state index contributed by atoms with van der Waals surface area (Å²) >= 11 is 0. The smallest absolute Gasteiger partial charge is 0.238 e. The van der Waals surface area contributed by atoms with Crippen LogP contribution in [0.1, 0.15) is 0 Å². The third kappa shape index (κ3) is 3.48. The molecule has 0 unspecified atom stereocenters. The molecule has 4 rings (SSSR count). The fourth-order valence-corrected chi connectivity index (χ4v) is 3.33. The van der Waals surface area contributed by atoms with Crippen molar-refractivity contribution in [2.75, 3.05) is 10.6 Å². The summed E-state index contributed by atoms with van der Waals surface area (Å²) in [5.74, 6) is 0.644. The van der Waals surface area contributed by atoms with Gasteiger partial charge in [0, 0.05) is 17.3 Å². The Labute approximate surface area is 161 Å². The number of aromatic nitrogens is 3. The monoisotopic (exact) mass is 392 g/mol. The van der Waals surface area contributed by atoms with Gasteiger partial charge in [0.05, 0.1) is 22.3 Å². The summed E-state index contributed by atoms with van der Waals surface area (Å²) in [6, 6.07) is 17.4. The Morgan fingerprint density at radius 3 is 2.36 bits per heavy atom. The lowest BCUT2D eigenvalue weighted by molar-refractivity contribution is 0.598. The highest BCUT2D eigenvalue weighted by Crippen LogP contribution is 2.33. The number of nitrogens with two attached hydrogens (primary N) is 2. The predicted octanol–water partition coefficient (Wildman–Crippen LogP) is 2.72. The van der Waals surface area contributed by atoms with Gasteiger partial charge in [-0.05, 0) is 42.5 Å². The summed E-state index contributed by atoms with van der Waals surface area (Å²) < 4.78 is 23.1. The van der Waals surface area contributed by atoms with Crippen molar-refractivity contribution >= 4 is 44.1 Å². The standard InChI is InChI=1S/C19H16N6O2S/c20-18-9-10-22-19(24-18)25(14-5-7-16(8-6-14)28(21,26)27)15-11-13-3-1-2-4-17(13)23-12-15/h1-12H,(H2,20,22,24)(H2,21,26,27). The minimum Gasteiger partial charge on any atom is -0.384 e. The van der Waals surface area contributed by atoms with E-state index in [0.29, 0.717) is 23.1 Å². The minimum absolute atomic E-state index is 0.0151. The van der Waals surface area contributed by atoms with Gasteiger partial charge in [-0.2, -0.15) is 4.98 Å². The maximum absolute atomic E-state index is 11.6. The van der Waals surface area contributed by atoms with Gasteiger partial charge >= 0.3 is 0 Å². The Bertz CT molecular complexity index is 1260. The number of nitrogens with zero attached hydrogens (tertiary/aromatic N) is 4. The number of anilines is 4. The van der Waals surface area contributed by atoms with E-state index in [1.807, 2.05) is 30.3 Å². The Balaban J connectivity index is 1.88. The van der Waals surface area contributed by atoms with E-state index in [1.165, 1.54) is 12.1 Å². The molecule has 9 heteroatoms. The molecule has 0 radical (unpaired) electrons. The van der Waals surface area contributed by atoms with Crippen LogP contribution in [0.15, 0.2) is 78.0 Å². The molecule has 2 aromatic heterocycles. The first kappa shape index (κ1) is 17.8. The number of benzene rings is 2. The van der Waals surface area contributed by atoms with Crippen molar-refractivity contribution in [2.24, 2.45) is 5.14 Å². The number of pyridine rings is 1. The summed E-state index contributed by atoms with van der Waals surface area (Å²) in [6.07, 6.45) is 3.25. The molecule has 0 aliphatic carbocycles. The molecule has 28 heavy (non-hydrogen) atoms. The maximum atomic E-state index is 11.6. The van der Waals surface area contributed by atoms with Gasteiger partial charge in [-0.15, -0.1) is 0 Å². The topological polar surface area (TPSA) is 128 Å². The fourth-order valence-electron chi connectivity index (χ4n) is 2.82. The van der Waals surface area contributed by atoms with Crippen molar-refractivity contribution in [3.63, 3.8) is 0 Å². The fraction of sp³-hybridized carbons (Fsp3) is 0. The summed E-state index contributed by atoms with van der Waals surface area (Å²) in [5, 5.41) is 6.13. The third-order valence-corrected chi connectivity index (χ3v) is 5.05. The van der Waals surface area contributed by atoms with Crippen LogP contribution >= 0.6 is 0 Å². The van der Waals surface area contributed by atoms with E-state index in [9.17, 15) is 8.42 Å². The van der Waals surface area contributed by atoms with Crippen LogP contribution in [0.25, 0.3) is 10.9 Å². The molecule has 2 aromatic carbocycles. The van der Waals surface area contributed by atoms with Crippen molar-refractivity contribution in [2.45, 2.75) is 4.90 Å². The lowest BCUT2D eigenvalue weighted by Gasteiger charge is -2.23. The second-order valence-electron chi connectivity index (χ2n) is 6.04. The van der Waals surface area contributed by atoms with Crippen LogP contribution in [-0.4, -0.2) is 23.4 Å². The largest absolute Gasteiger partial charge is 0.384 e. The molecule has 0 atom stereocenters. The molecule has 0 amide bonds.